The Balaban J connectivity index is 1.80. The maximum Gasteiger partial charge on any atom is 0.335 e. The van der Waals surface area contributed by atoms with Gasteiger partial charge in [-0.25, -0.2) is 9.59 Å². The van der Waals surface area contributed by atoms with Crippen LogP contribution in [0.2, 0.25) is 0 Å². The van der Waals surface area contributed by atoms with Crippen molar-refractivity contribution in [2.24, 2.45) is 0 Å². The van der Waals surface area contributed by atoms with Crippen LogP contribution in [0, 0.1) is 0 Å². The van der Waals surface area contributed by atoms with Gasteiger partial charge in [-0.1, -0.05) is 0 Å². The van der Waals surface area contributed by atoms with E-state index in [1.165, 1.54) is 18.3 Å². The van der Waals surface area contributed by atoms with Gasteiger partial charge in [0.15, 0.2) is 0 Å². The maximum atomic E-state index is 11.7. The van der Waals surface area contributed by atoms with E-state index in [9.17, 15) is 14.4 Å². The van der Waals surface area contributed by atoms with Crippen molar-refractivity contribution in [1.29, 1.82) is 0 Å². The molecule has 4 N–H and O–H groups in total. The van der Waals surface area contributed by atoms with Crippen molar-refractivity contribution < 1.29 is 19.5 Å². The van der Waals surface area contributed by atoms with E-state index in [-0.39, 0.29) is 30.1 Å². The minimum atomic E-state index is -1.04. The first-order valence-corrected chi connectivity index (χ1v) is 6.54. The van der Waals surface area contributed by atoms with Crippen molar-refractivity contribution in [2.45, 2.75) is 25.4 Å². The normalized spacial score (nSPS) is 17.7. The minimum Gasteiger partial charge on any atom is -0.478 e. The van der Waals surface area contributed by atoms with E-state index < -0.39 is 5.97 Å². The van der Waals surface area contributed by atoms with E-state index in [2.05, 4.69) is 20.9 Å². The van der Waals surface area contributed by atoms with Crippen molar-refractivity contribution in [3.05, 3.63) is 29.6 Å². The predicted octanol–water partition coefficient (Wildman–Crippen LogP) is -0.142. The van der Waals surface area contributed by atoms with Crippen LogP contribution in [0.4, 0.5) is 4.79 Å². The van der Waals surface area contributed by atoms with Crippen LogP contribution in [-0.2, 0) is 11.3 Å². The summed E-state index contributed by atoms with van der Waals surface area (Å²) in [6, 6.07) is 2.32. The lowest BCUT2D eigenvalue weighted by Crippen LogP contribution is -2.50. The molecule has 1 aromatic heterocycles. The fourth-order valence-corrected chi connectivity index (χ4v) is 1.97. The summed E-state index contributed by atoms with van der Waals surface area (Å²) in [5.41, 5.74) is 0.583. The molecule has 1 unspecified atom stereocenters. The van der Waals surface area contributed by atoms with Gasteiger partial charge in [-0.05, 0) is 18.6 Å². The van der Waals surface area contributed by atoms with Gasteiger partial charge in [-0.15, -0.1) is 0 Å². The van der Waals surface area contributed by atoms with E-state index in [1.807, 2.05) is 0 Å². The van der Waals surface area contributed by atoms with E-state index in [0.717, 1.165) is 0 Å². The second-order valence-electron chi connectivity index (χ2n) is 4.71. The molecule has 1 aromatic rings. The molecule has 8 heteroatoms. The number of urea groups is 1. The molecule has 8 nitrogen and oxygen atoms in total. The second-order valence-corrected chi connectivity index (χ2v) is 4.71. The van der Waals surface area contributed by atoms with Crippen LogP contribution >= 0.6 is 0 Å². The van der Waals surface area contributed by atoms with Crippen molar-refractivity contribution in [3.8, 4) is 0 Å². The van der Waals surface area contributed by atoms with Gasteiger partial charge < -0.3 is 21.1 Å². The molecule has 112 valence electrons. The molecular formula is C13H16N4O4. The number of carbonyl (C=O) groups excluding carboxylic acids is 2. The molecule has 21 heavy (non-hydrogen) atoms. The van der Waals surface area contributed by atoms with Gasteiger partial charge in [0.25, 0.3) is 0 Å². The van der Waals surface area contributed by atoms with Gasteiger partial charge in [-0.2, -0.15) is 0 Å². The van der Waals surface area contributed by atoms with Crippen molar-refractivity contribution >= 4 is 17.9 Å². The second kappa shape index (κ2) is 6.69. The average Bonchev–Trinajstić information content (AvgIpc) is 2.48. The van der Waals surface area contributed by atoms with Crippen LogP contribution in [0.1, 0.15) is 28.9 Å². The lowest BCUT2D eigenvalue weighted by molar-refractivity contribution is -0.122. The van der Waals surface area contributed by atoms with Crippen LogP contribution in [0.25, 0.3) is 0 Å². The molecule has 3 amide bonds. The Morgan fingerprint density at radius 1 is 1.48 bits per heavy atom. The summed E-state index contributed by atoms with van der Waals surface area (Å²) in [6.07, 6.45) is 2.38. The van der Waals surface area contributed by atoms with Gasteiger partial charge in [0.05, 0.1) is 17.8 Å². The topological polar surface area (TPSA) is 120 Å². The first-order valence-electron chi connectivity index (χ1n) is 6.54. The Kier molecular flexibility index (Phi) is 4.70. The molecule has 0 radical (unpaired) electrons. The fourth-order valence-electron chi connectivity index (χ4n) is 1.97. The summed E-state index contributed by atoms with van der Waals surface area (Å²) in [7, 11) is 0. The van der Waals surface area contributed by atoms with Gasteiger partial charge in [-0.3, -0.25) is 9.78 Å². The zero-order valence-electron chi connectivity index (χ0n) is 11.3. The molecule has 0 aliphatic carbocycles. The standard InChI is InChI=1S/C13H16N4O4/c18-11-2-1-9(6-15-11)17-13(21)16-7-10-5-8(12(19)20)3-4-14-10/h3-5,9H,1-2,6-7H2,(H,15,18)(H,19,20)(H2,16,17,21). The number of nitrogens with zero attached hydrogens (tertiary/aromatic N) is 1. The molecule has 2 heterocycles. The molecule has 0 saturated carbocycles. The zero-order valence-corrected chi connectivity index (χ0v) is 11.3. The Labute approximate surface area is 120 Å². The van der Waals surface area contributed by atoms with Crippen LogP contribution < -0.4 is 16.0 Å². The average molecular weight is 292 g/mol. The van der Waals surface area contributed by atoms with Crippen molar-refractivity contribution in [1.82, 2.24) is 20.9 Å². The molecule has 1 aliphatic rings. The highest BCUT2D eigenvalue weighted by Crippen LogP contribution is 2.03. The highest BCUT2D eigenvalue weighted by molar-refractivity contribution is 5.87. The predicted molar refractivity (Wildman–Crippen MR) is 72.6 cm³/mol. The van der Waals surface area contributed by atoms with Crippen LogP contribution in [0.3, 0.4) is 0 Å². The lowest BCUT2D eigenvalue weighted by atomic mass is 10.1. The van der Waals surface area contributed by atoms with Gasteiger partial charge in [0.2, 0.25) is 5.91 Å². The number of carboxylic acids is 1. The van der Waals surface area contributed by atoms with E-state index in [4.69, 9.17) is 5.11 Å². The minimum absolute atomic E-state index is 0.0110. The molecule has 1 atom stereocenters. The monoisotopic (exact) mass is 292 g/mol. The van der Waals surface area contributed by atoms with Gasteiger partial charge in [0, 0.05) is 25.2 Å². The number of amides is 3. The Bertz CT molecular complexity index is 551. The smallest absolute Gasteiger partial charge is 0.335 e. The molecule has 0 spiro atoms. The summed E-state index contributed by atoms with van der Waals surface area (Å²) in [5, 5.41) is 16.9. The highest BCUT2D eigenvalue weighted by atomic mass is 16.4. The van der Waals surface area contributed by atoms with Crippen molar-refractivity contribution in [2.75, 3.05) is 6.54 Å². The van der Waals surface area contributed by atoms with Crippen LogP contribution in [-0.4, -0.2) is 40.6 Å². The molecule has 2 rings (SSSR count). The number of carbonyl (C=O) groups is 3. The number of nitrogens with one attached hydrogen (secondary N) is 3. The molecular weight excluding hydrogens is 276 g/mol. The quantitative estimate of drug-likeness (QED) is 0.615. The molecule has 1 saturated heterocycles. The fraction of sp³-hybridized carbons (Fsp3) is 0.385. The van der Waals surface area contributed by atoms with Gasteiger partial charge >= 0.3 is 12.0 Å². The summed E-state index contributed by atoms with van der Waals surface area (Å²) in [6.45, 7) is 0.547. The zero-order chi connectivity index (χ0) is 15.2. The summed E-state index contributed by atoms with van der Waals surface area (Å²) < 4.78 is 0. The largest absolute Gasteiger partial charge is 0.478 e. The highest BCUT2D eigenvalue weighted by Gasteiger charge is 2.19. The maximum absolute atomic E-state index is 11.7. The Morgan fingerprint density at radius 3 is 2.95 bits per heavy atom. The summed E-state index contributed by atoms with van der Waals surface area (Å²) in [4.78, 5) is 37.5. The van der Waals surface area contributed by atoms with E-state index >= 15 is 0 Å². The lowest BCUT2D eigenvalue weighted by Gasteiger charge is -2.23. The SMILES string of the molecule is O=C1CCC(NC(=O)NCc2cc(C(=O)O)ccn2)CN1. The first kappa shape index (κ1) is 14.8. The number of aromatic nitrogens is 1. The molecule has 1 fully saturated rings. The number of piperidine rings is 1. The number of hydrogen-bond acceptors (Lipinski definition) is 4. The van der Waals surface area contributed by atoms with Crippen molar-refractivity contribution in [3.63, 3.8) is 0 Å². The number of hydrogen-bond donors (Lipinski definition) is 4. The third-order valence-corrected chi connectivity index (χ3v) is 3.09. The molecule has 0 bridgehead atoms. The third kappa shape index (κ3) is 4.44. The molecule has 0 aromatic carbocycles. The number of pyridine rings is 1. The number of carboxylic acid groups (broad SMARTS) is 1. The Hall–Kier alpha value is -2.64. The molecule has 1 aliphatic heterocycles. The summed E-state index contributed by atoms with van der Waals surface area (Å²) >= 11 is 0. The Morgan fingerprint density at radius 2 is 2.29 bits per heavy atom. The van der Waals surface area contributed by atoms with Crippen LogP contribution in [0.5, 0.6) is 0 Å². The van der Waals surface area contributed by atoms with E-state index in [0.29, 0.717) is 25.1 Å². The van der Waals surface area contributed by atoms with Crippen LogP contribution in [0.15, 0.2) is 18.3 Å². The number of aromatic carboxylic acids is 1. The van der Waals surface area contributed by atoms with E-state index in [1.54, 1.807) is 0 Å². The summed E-state index contributed by atoms with van der Waals surface area (Å²) in [5.74, 6) is -1.05. The number of rotatable bonds is 4. The third-order valence-electron chi connectivity index (χ3n) is 3.09. The van der Waals surface area contributed by atoms with Gasteiger partial charge in [0.1, 0.15) is 0 Å². The first-order chi connectivity index (χ1) is 10.0.